The molecule has 0 saturated carbocycles. The van der Waals surface area contributed by atoms with Gasteiger partial charge in [0.1, 0.15) is 5.82 Å². The van der Waals surface area contributed by atoms with Crippen LogP contribution in [0, 0.1) is 12.7 Å². The number of aryl methyl sites for hydroxylation is 1. The van der Waals surface area contributed by atoms with Crippen LogP contribution >= 0.6 is 0 Å². The molecule has 0 aliphatic heterocycles. The molecular formula is C12H14FN3. The van der Waals surface area contributed by atoms with Gasteiger partial charge in [-0.25, -0.2) is 4.39 Å². The maximum absolute atomic E-state index is 13.7. The number of hydrogen-bond acceptors (Lipinski definition) is 2. The van der Waals surface area contributed by atoms with Gasteiger partial charge >= 0.3 is 0 Å². The third kappa shape index (κ3) is 2.27. The Bertz CT molecular complexity index is 465. The largest absolute Gasteiger partial charge is 0.207 e. The first-order valence-corrected chi connectivity index (χ1v) is 5.27. The van der Waals surface area contributed by atoms with E-state index in [9.17, 15) is 4.39 Å². The number of nitrogens with one attached hydrogen (secondary N) is 1. The van der Waals surface area contributed by atoms with Crippen LogP contribution in [0.3, 0.4) is 0 Å². The molecule has 0 fully saturated rings. The van der Waals surface area contributed by atoms with Crippen LogP contribution in [0.5, 0.6) is 0 Å². The molecule has 2 aromatic rings. The summed E-state index contributed by atoms with van der Waals surface area (Å²) in [4.78, 5) is 0. The molecule has 1 aromatic carbocycles. The summed E-state index contributed by atoms with van der Waals surface area (Å²) < 4.78 is 13.7. The maximum Gasteiger partial charge on any atom is 0.126 e. The smallest absolute Gasteiger partial charge is 0.126 e. The Morgan fingerprint density at radius 2 is 2.25 bits per heavy atom. The van der Waals surface area contributed by atoms with Crippen LogP contribution in [0.25, 0.3) is 0 Å². The number of H-pyrrole nitrogens is 1. The lowest BCUT2D eigenvalue weighted by atomic mass is 9.95. The number of rotatable bonds is 3. The van der Waals surface area contributed by atoms with E-state index in [1.165, 1.54) is 0 Å². The van der Waals surface area contributed by atoms with Gasteiger partial charge in [0.25, 0.3) is 0 Å². The van der Waals surface area contributed by atoms with E-state index in [1.807, 2.05) is 26.0 Å². The summed E-state index contributed by atoms with van der Waals surface area (Å²) in [7, 11) is 0. The standard InChI is InChI=1S/C12H14FN3/c1-8-3-4-11(12(13)5-8)9(2)6-10-7-14-16-15-10/h3-5,7,9H,6H2,1-2H3,(H,14,15,16). The van der Waals surface area contributed by atoms with Crippen molar-refractivity contribution in [3.63, 3.8) is 0 Å². The van der Waals surface area contributed by atoms with Crippen LogP contribution in [-0.4, -0.2) is 15.4 Å². The van der Waals surface area contributed by atoms with Crippen LogP contribution in [-0.2, 0) is 6.42 Å². The average molecular weight is 219 g/mol. The van der Waals surface area contributed by atoms with Gasteiger partial charge in [0.15, 0.2) is 0 Å². The molecule has 1 atom stereocenters. The van der Waals surface area contributed by atoms with E-state index in [1.54, 1.807) is 12.3 Å². The van der Waals surface area contributed by atoms with Crippen molar-refractivity contribution >= 4 is 0 Å². The lowest BCUT2D eigenvalue weighted by Gasteiger charge is -2.11. The number of hydrogen-bond donors (Lipinski definition) is 1. The molecule has 1 N–H and O–H groups in total. The van der Waals surface area contributed by atoms with Crippen LogP contribution in [0.1, 0.15) is 29.7 Å². The second-order valence-corrected chi connectivity index (χ2v) is 4.09. The summed E-state index contributed by atoms with van der Waals surface area (Å²) in [5.41, 5.74) is 2.52. The minimum atomic E-state index is -0.143. The number of aromatic nitrogens is 3. The first-order valence-electron chi connectivity index (χ1n) is 5.27. The molecule has 0 amide bonds. The Labute approximate surface area is 93.7 Å². The van der Waals surface area contributed by atoms with E-state index in [0.29, 0.717) is 6.42 Å². The van der Waals surface area contributed by atoms with Gasteiger partial charge in [-0.3, -0.25) is 0 Å². The first kappa shape index (κ1) is 10.8. The van der Waals surface area contributed by atoms with Crippen molar-refractivity contribution in [3.05, 3.63) is 47.0 Å². The van der Waals surface area contributed by atoms with E-state index in [2.05, 4.69) is 15.4 Å². The highest BCUT2D eigenvalue weighted by atomic mass is 19.1. The van der Waals surface area contributed by atoms with Crippen molar-refractivity contribution in [2.75, 3.05) is 0 Å². The molecule has 1 aromatic heterocycles. The van der Waals surface area contributed by atoms with Gasteiger partial charge in [0, 0.05) is 0 Å². The Morgan fingerprint density at radius 1 is 1.44 bits per heavy atom. The van der Waals surface area contributed by atoms with Crippen molar-refractivity contribution in [3.8, 4) is 0 Å². The molecule has 84 valence electrons. The third-order valence-corrected chi connectivity index (χ3v) is 2.67. The lowest BCUT2D eigenvalue weighted by Crippen LogP contribution is -2.02. The highest BCUT2D eigenvalue weighted by molar-refractivity contribution is 5.26. The Balaban J connectivity index is 2.17. The normalized spacial score (nSPS) is 12.7. The molecule has 4 heteroatoms. The van der Waals surface area contributed by atoms with Crippen molar-refractivity contribution < 1.29 is 4.39 Å². The number of halogens is 1. The lowest BCUT2D eigenvalue weighted by molar-refractivity contribution is 0.584. The van der Waals surface area contributed by atoms with Crippen molar-refractivity contribution in [1.29, 1.82) is 0 Å². The van der Waals surface area contributed by atoms with Gasteiger partial charge in [-0.15, -0.1) is 0 Å². The summed E-state index contributed by atoms with van der Waals surface area (Å²) in [5.74, 6) is -0.0401. The van der Waals surface area contributed by atoms with Crippen molar-refractivity contribution in [2.24, 2.45) is 0 Å². The summed E-state index contributed by atoms with van der Waals surface area (Å²) in [5, 5.41) is 10.3. The second kappa shape index (κ2) is 4.43. The van der Waals surface area contributed by atoms with Gasteiger partial charge in [-0.05, 0) is 36.5 Å². The minimum absolute atomic E-state index is 0.102. The predicted octanol–water partition coefficient (Wildman–Crippen LogP) is 2.60. The van der Waals surface area contributed by atoms with Crippen molar-refractivity contribution in [2.45, 2.75) is 26.2 Å². The Morgan fingerprint density at radius 3 is 2.88 bits per heavy atom. The molecule has 0 aliphatic rings. The zero-order chi connectivity index (χ0) is 11.5. The van der Waals surface area contributed by atoms with Crippen LogP contribution in [0.2, 0.25) is 0 Å². The molecule has 16 heavy (non-hydrogen) atoms. The molecule has 1 heterocycles. The summed E-state index contributed by atoms with van der Waals surface area (Å²) in [6, 6.07) is 5.34. The van der Waals surface area contributed by atoms with Gasteiger partial charge in [0.05, 0.1) is 11.9 Å². The quantitative estimate of drug-likeness (QED) is 0.862. The monoisotopic (exact) mass is 219 g/mol. The van der Waals surface area contributed by atoms with Crippen LogP contribution in [0.15, 0.2) is 24.4 Å². The molecule has 0 saturated heterocycles. The molecule has 3 nitrogen and oxygen atoms in total. The SMILES string of the molecule is Cc1ccc(C(C)Cc2cn[nH]n2)c(F)c1. The predicted molar refractivity (Wildman–Crippen MR) is 59.6 cm³/mol. The molecule has 0 aliphatic carbocycles. The fourth-order valence-corrected chi connectivity index (χ4v) is 1.78. The molecule has 0 radical (unpaired) electrons. The topological polar surface area (TPSA) is 41.6 Å². The summed E-state index contributed by atoms with van der Waals surface area (Å²) in [6.45, 7) is 3.87. The summed E-state index contributed by atoms with van der Waals surface area (Å²) in [6.07, 6.45) is 2.36. The van der Waals surface area contributed by atoms with Gasteiger partial charge < -0.3 is 0 Å². The third-order valence-electron chi connectivity index (χ3n) is 2.67. The van der Waals surface area contributed by atoms with Crippen LogP contribution in [0.4, 0.5) is 4.39 Å². The molecule has 2 rings (SSSR count). The van der Waals surface area contributed by atoms with E-state index in [0.717, 1.165) is 16.8 Å². The molecular weight excluding hydrogens is 205 g/mol. The van der Waals surface area contributed by atoms with E-state index in [-0.39, 0.29) is 11.7 Å². The zero-order valence-corrected chi connectivity index (χ0v) is 9.37. The number of nitrogens with zero attached hydrogens (tertiary/aromatic N) is 2. The van der Waals surface area contributed by atoms with Crippen molar-refractivity contribution in [1.82, 2.24) is 15.4 Å². The fraction of sp³-hybridized carbons (Fsp3) is 0.333. The van der Waals surface area contributed by atoms with E-state index in [4.69, 9.17) is 0 Å². The second-order valence-electron chi connectivity index (χ2n) is 4.09. The highest BCUT2D eigenvalue weighted by Gasteiger charge is 2.12. The molecule has 0 bridgehead atoms. The number of benzene rings is 1. The first-order chi connectivity index (χ1) is 7.66. The minimum Gasteiger partial charge on any atom is -0.207 e. The van der Waals surface area contributed by atoms with Gasteiger partial charge in [-0.2, -0.15) is 15.4 Å². The maximum atomic E-state index is 13.7. The van der Waals surface area contributed by atoms with Crippen LogP contribution < -0.4 is 0 Å². The van der Waals surface area contributed by atoms with E-state index >= 15 is 0 Å². The average Bonchev–Trinajstić information content (AvgIpc) is 2.70. The fourth-order valence-electron chi connectivity index (χ4n) is 1.78. The molecule has 0 spiro atoms. The Hall–Kier alpha value is -1.71. The summed E-state index contributed by atoms with van der Waals surface area (Å²) >= 11 is 0. The number of aromatic amines is 1. The highest BCUT2D eigenvalue weighted by Crippen LogP contribution is 2.22. The zero-order valence-electron chi connectivity index (χ0n) is 9.37. The van der Waals surface area contributed by atoms with Gasteiger partial charge in [-0.1, -0.05) is 19.1 Å². The molecule has 1 unspecified atom stereocenters. The van der Waals surface area contributed by atoms with Gasteiger partial charge in [0.2, 0.25) is 0 Å². The van der Waals surface area contributed by atoms with E-state index < -0.39 is 0 Å². The Kier molecular flexibility index (Phi) is 2.99.